The van der Waals surface area contributed by atoms with Gasteiger partial charge in [0.1, 0.15) is 0 Å². The molecule has 2 aliphatic carbocycles. The van der Waals surface area contributed by atoms with Gasteiger partial charge in [-0.1, -0.05) is 24.1 Å². The summed E-state index contributed by atoms with van der Waals surface area (Å²) in [5.74, 6) is 0. The summed E-state index contributed by atoms with van der Waals surface area (Å²) in [5, 5.41) is 0. The molecule has 0 amide bonds. The predicted octanol–water partition coefficient (Wildman–Crippen LogP) is 3.99. The van der Waals surface area contributed by atoms with Crippen LogP contribution in [0.3, 0.4) is 0 Å². The van der Waals surface area contributed by atoms with Crippen LogP contribution in [0.25, 0.3) is 0 Å². The van der Waals surface area contributed by atoms with Crippen LogP contribution in [-0.4, -0.2) is 0 Å². The highest BCUT2D eigenvalue weighted by Crippen LogP contribution is 2.34. The maximum absolute atomic E-state index is 2.48. The van der Waals surface area contributed by atoms with Gasteiger partial charge in [0.15, 0.2) is 0 Å². The van der Waals surface area contributed by atoms with E-state index < -0.39 is 0 Å². The molecule has 0 saturated carbocycles. The van der Waals surface area contributed by atoms with E-state index in [4.69, 9.17) is 0 Å². The minimum absolute atomic E-state index is 1.26. The van der Waals surface area contributed by atoms with Crippen LogP contribution in [0.2, 0.25) is 0 Å². The van der Waals surface area contributed by atoms with E-state index in [1.54, 1.807) is 16.7 Å². The zero-order valence-corrected chi connectivity index (χ0v) is 8.03. The van der Waals surface area contributed by atoms with E-state index in [9.17, 15) is 0 Å². The first-order chi connectivity index (χ1) is 5.90. The van der Waals surface area contributed by atoms with Gasteiger partial charge in [0.05, 0.1) is 0 Å². The molecule has 0 saturated heterocycles. The number of hydrogen-bond acceptors (Lipinski definition) is 0. The fourth-order valence-corrected chi connectivity index (χ4v) is 2.36. The lowest BCUT2D eigenvalue weighted by Crippen LogP contribution is -2.04. The minimum atomic E-state index is 1.26. The summed E-state index contributed by atoms with van der Waals surface area (Å²) in [7, 11) is 0. The van der Waals surface area contributed by atoms with Gasteiger partial charge in [0.2, 0.25) is 0 Å². The van der Waals surface area contributed by atoms with E-state index in [1.165, 1.54) is 44.9 Å². The molecule has 0 spiro atoms. The molecule has 0 aromatic heterocycles. The van der Waals surface area contributed by atoms with Crippen molar-refractivity contribution in [3.63, 3.8) is 0 Å². The first-order valence-electron chi connectivity index (χ1n) is 5.30. The van der Waals surface area contributed by atoms with Crippen molar-refractivity contribution in [2.24, 2.45) is 0 Å². The molecule has 0 unspecified atom stereocenters. The molecule has 0 aromatic carbocycles. The molecule has 2 rings (SSSR count). The molecular formula is C12H18. The maximum Gasteiger partial charge on any atom is -0.0277 e. The average Bonchev–Trinajstić information content (AvgIpc) is 2.17. The van der Waals surface area contributed by atoms with Crippen molar-refractivity contribution in [1.82, 2.24) is 0 Å². The van der Waals surface area contributed by atoms with Crippen molar-refractivity contribution in [1.29, 1.82) is 0 Å². The summed E-state index contributed by atoms with van der Waals surface area (Å²) >= 11 is 0. The van der Waals surface area contributed by atoms with Crippen LogP contribution in [-0.2, 0) is 0 Å². The fourth-order valence-electron chi connectivity index (χ4n) is 2.36. The lowest BCUT2D eigenvalue weighted by atomic mass is 9.83. The molecular weight excluding hydrogens is 144 g/mol. The van der Waals surface area contributed by atoms with Gasteiger partial charge in [-0.3, -0.25) is 0 Å². The molecule has 0 radical (unpaired) electrons. The third-order valence-corrected chi connectivity index (χ3v) is 3.21. The summed E-state index contributed by atoms with van der Waals surface area (Å²) in [4.78, 5) is 0. The minimum Gasteiger partial charge on any atom is -0.0699 e. The molecule has 0 fully saturated rings. The molecule has 12 heavy (non-hydrogen) atoms. The van der Waals surface area contributed by atoms with Crippen molar-refractivity contribution in [3.8, 4) is 0 Å². The van der Waals surface area contributed by atoms with Gasteiger partial charge in [0, 0.05) is 0 Å². The Morgan fingerprint density at radius 1 is 1.08 bits per heavy atom. The lowest BCUT2D eigenvalue weighted by Gasteiger charge is -2.23. The summed E-state index contributed by atoms with van der Waals surface area (Å²) in [6.07, 6.45) is 12.1. The van der Waals surface area contributed by atoms with Crippen LogP contribution in [0, 0.1) is 0 Å². The summed E-state index contributed by atoms with van der Waals surface area (Å²) < 4.78 is 0. The Hall–Kier alpha value is -0.520. The monoisotopic (exact) mass is 162 g/mol. The molecule has 0 heteroatoms. The number of allylic oxidation sites excluding steroid dienone is 4. The molecule has 0 nitrogen and oxygen atoms in total. The SMILES string of the molecule is CCC1=CC2=C(CCCC2)CC1. The first-order valence-corrected chi connectivity index (χ1v) is 5.30. The van der Waals surface area contributed by atoms with Gasteiger partial charge >= 0.3 is 0 Å². The summed E-state index contributed by atoms with van der Waals surface area (Å²) in [5.41, 5.74) is 5.15. The van der Waals surface area contributed by atoms with Gasteiger partial charge in [-0.15, -0.1) is 0 Å². The largest absolute Gasteiger partial charge is 0.0699 e. The normalized spacial score (nSPS) is 23.6. The predicted molar refractivity (Wildman–Crippen MR) is 53.1 cm³/mol. The highest BCUT2D eigenvalue weighted by Gasteiger charge is 2.15. The van der Waals surface area contributed by atoms with Crippen LogP contribution < -0.4 is 0 Å². The second kappa shape index (κ2) is 3.47. The van der Waals surface area contributed by atoms with Crippen molar-refractivity contribution >= 4 is 0 Å². The Labute approximate surface area is 75.4 Å². The van der Waals surface area contributed by atoms with Crippen molar-refractivity contribution < 1.29 is 0 Å². The van der Waals surface area contributed by atoms with E-state index in [0.717, 1.165) is 0 Å². The first kappa shape index (κ1) is 8.10. The van der Waals surface area contributed by atoms with Crippen LogP contribution >= 0.6 is 0 Å². The van der Waals surface area contributed by atoms with Crippen molar-refractivity contribution in [2.45, 2.75) is 51.9 Å². The lowest BCUT2D eigenvalue weighted by molar-refractivity contribution is 0.640. The smallest absolute Gasteiger partial charge is 0.0277 e. The molecule has 0 aromatic rings. The second-order valence-electron chi connectivity index (χ2n) is 3.99. The highest BCUT2D eigenvalue weighted by atomic mass is 14.2. The topological polar surface area (TPSA) is 0 Å². The second-order valence-corrected chi connectivity index (χ2v) is 3.99. The third-order valence-electron chi connectivity index (χ3n) is 3.21. The van der Waals surface area contributed by atoms with Gasteiger partial charge in [0.25, 0.3) is 0 Å². The molecule has 0 bridgehead atoms. The van der Waals surface area contributed by atoms with Gasteiger partial charge in [-0.25, -0.2) is 0 Å². The van der Waals surface area contributed by atoms with Crippen LogP contribution in [0.1, 0.15) is 51.9 Å². The van der Waals surface area contributed by atoms with Crippen LogP contribution in [0.5, 0.6) is 0 Å². The number of rotatable bonds is 1. The van der Waals surface area contributed by atoms with Crippen molar-refractivity contribution in [2.75, 3.05) is 0 Å². The van der Waals surface area contributed by atoms with Gasteiger partial charge in [-0.2, -0.15) is 0 Å². The quantitative estimate of drug-likeness (QED) is 0.547. The Balaban J connectivity index is 2.20. The molecule has 66 valence electrons. The third kappa shape index (κ3) is 1.48. The average molecular weight is 162 g/mol. The van der Waals surface area contributed by atoms with Gasteiger partial charge < -0.3 is 0 Å². The van der Waals surface area contributed by atoms with E-state index in [2.05, 4.69) is 13.0 Å². The maximum atomic E-state index is 2.48. The Morgan fingerprint density at radius 2 is 1.92 bits per heavy atom. The van der Waals surface area contributed by atoms with Crippen LogP contribution in [0.4, 0.5) is 0 Å². The summed E-state index contributed by atoms with van der Waals surface area (Å²) in [6, 6.07) is 0. The van der Waals surface area contributed by atoms with E-state index in [1.807, 2.05) is 0 Å². The zero-order valence-electron chi connectivity index (χ0n) is 8.03. The summed E-state index contributed by atoms with van der Waals surface area (Å²) in [6.45, 7) is 2.28. The van der Waals surface area contributed by atoms with Gasteiger partial charge in [-0.05, 0) is 50.5 Å². The van der Waals surface area contributed by atoms with Crippen molar-refractivity contribution in [3.05, 3.63) is 22.8 Å². The Morgan fingerprint density at radius 3 is 2.75 bits per heavy atom. The van der Waals surface area contributed by atoms with E-state index in [-0.39, 0.29) is 0 Å². The zero-order chi connectivity index (χ0) is 8.39. The highest BCUT2D eigenvalue weighted by molar-refractivity contribution is 5.34. The Kier molecular flexibility index (Phi) is 2.34. The molecule has 0 heterocycles. The standard InChI is InChI=1S/C12H18/c1-2-10-7-8-11-5-3-4-6-12(11)9-10/h9H,2-8H2,1H3. The molecule has 0 aliphatic heterocycles. The molecule has 0 atom stereocenters. The molecule has 0 N–H and O–H groups in total. The van der Waals surface area contributed by atoms with Crippen LogP contribution in [0.15, 0.2) is 22.8 Å². The Bertz CT molecular complexity index is 230. The number of hydrogen-bond donors (Lipinski definition) is 0. The molecule has 2 aliphatic rings. The van der Waals surface area contributed by atoms with E-state index >= 15 is 0 Å². The fraction of sp³-hybridized carbons (Fsp3) is 0.667. The van der Waals surface area contributed by atoms with E-state index in [0.29, 0.717) is 0 Å².